The van der Waals surface area contributed by atoms with E-state index < -0.39 is 0 Å². The number of hydrogen-bond donors (Lipinski definition) is 1. The molecule has 0 radical (unpaired) electrons. The van der Waals surface area contributed by atoms with Crippen molar-refractivity contribution >= 4 is 11.6 Å². The number of benzene rings is 2. The highest BCUT2D eigenvalue weighted by atomic mass is 16.7. The third-order valence-electron chi connectivity index (χ3n) is 5.38. The number of anilines is 1. The minimum Gasteiger partial charge on any atom is -0.454 e. The van der Waals surface area contributed by atoms with Crippen LogP contribution in [0.25, 0.3) is 0 Å². The molecule has 8 heteroatoms. The molecule has 0 bridgehead atoms. The van der Waals surface area contributed by atoms with Crippen molar-refractivity contribution in [1.29, 1.82) is 0 Å². The van der Waals surface area contributed by atoms with Gasteiger partial charge in [-0.25, -0.2) is 0 Å². The molecule has 5 rings (SSSR count). The number of rotatable bonds is 5. The van der Waals surface area contributed by atoms with E-state index in [1.54, 1.807) is 0 Å². The third kappa shape index (κ3) is 3.88. The van der Waals surface area contributed by atoms with Gasteiger partial charge in [-0.05, 0) is 29.8 Å². The minimum absolute atomic E-state index is 0.102. The summed E-state index contributed by atoms with van der Waals surface area (Å²) < 4.78 is 21.5. The van der Waals surface area contributed by atoms with Gasteiger partial charge in [-0.15, -0.1) is 0 Å². The van der Waals surface area contributed by atoms with Crippen LogP contribution in [0.15, 0.2) is 36.4 Å². The molecule has 152 valence electrons. The van der Waals surface area contributed by atoms with E-state index in [-0.39, 0.29) is 19.2 Å². The smallest absolute Gasteiger partial charge is 0.241 e. The fraction of sp³-hybridized carbons (Fsp3) is 0.381. The number of nitrogens with zero attached hydrogens (tertiary/aromatic N) is 2. The molecule has 3 aliphatic rings. The van der Waals surface area contributed by atoms with E-state index in [1.165, 1.54) is 5.56 Å². The molecule has 29 heavy (non-hydrogen) atoms. The summed E-state index contributed by atoms with van der Waals surface area (Å²) in [5.41, 5.74) is 2.04. The molecule has 1 saturated heterocycles. The molecule has 2 aromatic rings. The number of fused-ring (bicyclic) bond motifs is 2. The lowest BCUT2D eigenvalue weighted by Gasteiger charge is -2.35. The van der Waals surface area contributed by atoms with E-state index in [0.717, 1.165) is 55.7 Å². The van der Waals surface area contributed by atoms with E-state index in [9.17, 15) is 4.79 Å². The van der Waals surface area contributed by atoms with Gasteiger partial charge < -0.3 is 29.2 Å². The molecule has 2 aromatic carbocycles. The van der Waals surface area contributed by atoms with Crippen molar-refractivity contribution in [2.45, 2.75) is 6.54 Å². The molecule has 0 unspecified atom stereocenters. The van der Waals surface area contributed by atoms with Crippen LogP contribution in [0.3, 0.4) is 0 Å². The monoisotopic (exact) mass is 397 g/mol. The Labute approximate surface area is 168 Å². The second-order valence-corrected chi connectivity index (χ2v) is 7.27. The molecule has 0 atom stereocenters. The SMILES string of the molecule is O=C(CNc1ccc2c(c1)OCO2)N1CCN(Cc2ccc3c(c2)OCO3)CC1. The van der Waals surface area contributed by atoms with Crippen LogP contribution in [0, 0.1) is 0 Å². The van der Waals surface area contributed by atoms with Gasteiger partial charge in [-0.2, -0.15) is 0 Å². The topological polar surface area (TPSA) is 72.5 Å². The summed E-state index contributed by atoms with van der Waals surface area (Å²) in [7, 11) is 0. The van der Waals surface area contributed by atoms with E-state index in [4.69, 9.17) is 18.9 Å². The quantitative estimate of drug-likeness (QED) is 0.826. The van der Waals surface area contributed by atoms with Gasteiger partial charge in [0.1, 0.15) is 0 Å². The summed E-state index contributed by atoms with van der Waals surface area (Å²) in [6.45, 7) is 4.80. The number of carbonyl (C=O) groups is 1. The van der Waals surface area contributed by atoms with Crippen molar-refractivity contribution in [2.24, 2.45) is 0 Å². The lowest BCUT2D eigenvalue weighted by Crippen LogP contribution is -2.49. The molecule has 1 amide bonds. The number of hydrogen-bond acceptors (Lipinski definition) is 7. The first-order valence-corrected chi connectivity index (χ1v) is 9.77. The second-order valence-electron chi connectivity index (χ2n) is 7.27. The van der Waals surface area contributed by atoms with Crippen LogP contribution < -0.4 is 24.3 Å². The van der Waals surface area contributed by atoms with Gasteiger partial charge in [0.15, 0.2) is 23.0 Å². The molecule has 0 aromatic heterocycles. The predicted molar refractivity (Wildman–Crippen MR) is 105 cm³/mol. The average Bonchev–Trinajstić information content (AvgIpc) is 3.41. The maximum absolute atomic E-state index is 12.6. The van der Waals surface area contributed by atoms with Crippen molar-refractivity contribution in [2.75, 3.05) is 51.6 Å². The highest BCUT2D eigenvalue weighted by molar-refractivity contribution is 5.81. The van der Waals surface area contributed by atoms with Crippen molar-refractivity contribution in [3.05, 3.63) is 42.0 Å². The highest BCUT2D eigenvalue weighted by Gasteiger charge is 2.22. The minimum atomic E-state index is 0.102. The van der Waals surface area contributed by atoms with Crippen molar-refractivity contribution in [1.82, 2.24) is 9.80 Å². The molecule has 3 aliphatic heterocycles. The first kappa shape index (κ1) is 17.9. The number of nitrogens with one attached hydrogen (secondary N) is 1. The zero-order chi connectivity index (χ0) is 19.6. The van der Waals surface area contributed by atoms with Crippen molar-refractivity contribution < 1.29 is 23.7 Å². The first-order valence-electron chi connectivity index (χ1n) is 9.77. The van der Waals surface area contributed by atoms with Crippen molar-refractivity contribution in [3.63, 3.8) is 0 Å². The summed E-state index contributed by atoms with van der Waals surface area (Å²) in [6, 6.07) is 11.7. The highest BCUT2D eigenvalue weighted by Crippen LogP contribution is 2.34. The fourth-order valence-electron chi connectivity index (χ4n) is 3.75. The van der Waals surface area contributed by atoms with Gasteiger partial charge in [-0.1, -0.05) is 6.07 Å². The van der Waals surface area contributed by atoms with Gasteiger partial charge in [0, 0.05) is 44.5 Å². The number of piperazine rings is 1. The van der Waals surface area contributed by atoms with Gasteiger partial charge >= 0.3 is 0 Å². The molecule has 8 nitrogen and oxygen atoms in total. The third-order valence-corrected chi connectivity index (χ3v) is 5.38. The van der Waals surface area contributed by atoms with E-state index in [0.29, 0.717) is 12.5 Å². The Morgan fingerprint density at radius 1 is 0.828 bits per heavy atom. The van der Waals surface area contributed by atoms with Crippen LogP contribution in [-0.4, -0.2) is 62.0 Å². The maximum atomic E-state index is 12.6. The molecule has 1 N–H and O–H groups in total. The maximum Gasteiger partial charge on any atom is 0.241 e. The Morgan fingerprint density at radius 2 is 1.48 bits per heavy atom. The van der Waals surface area contributed by atoms with Crippen LogP contribution in [0.4, 0.5) is 5.69 Å². The van der Waals surface area contributed by atoms with Gasteiger partial charge in [0.05, 0.1) is 6.54 Å². The molecule has 0 spiro atoms. The first-order chi connectivity index (χ1) is 14.2. The molecular formula is C21H23N3O5. The summed E-state index contributed by atoms with van der Waals surface area (Å²) in [5.74, 6) is 3.16. The normalized spacial score (nSPS) is 17.4. The Kier molecular flexibility index (Phi) is 4.77. The Balaban J connectivity index is 1.09. The number of ether oxygens (including phenoxy) is 4. The van der Waals surface area contributed by atoms with Crippen LogP contribution in [0.5, 0.6) is 23.0 Å². The van der Waals surface area contributed by atoms with Crippen LogP contribution in [0.2, 0.25) is 0 Å². The van der Waals surface area contributed by atoms with Gasteiger partial charge in [-0.3, -0.25) is 9.69 Å². The van der Waals surface area contributed by atoms with E-state index in [2.05, 4.69) is 16.3 Å². The molecular weight excluding hydrogens is 374 g/mol. The van der Waals surface area contributed by atoms with Crippen molar-refractivity contribution in [3.8, 4) is 23.0 Å². The Morgan fingerprint density at radius 3 is 2.24 bits per heavy atom. The molecule has 3 heterocycles. The lowest BCUT2D eigenvalue weighted by molar-refractivity contribution is -0.131. The summed E-state index contributed by atoms with van der Waals surface area (Å²) in [4.78, 5) is 16.8. The van der Waals surface area contributed by atoms with E-state index in [1.807, 2.05) is 35.2 Å². The summed E-state index contributed by atoms with van der Waals surface area (Å²) in [5, 5.41) is 3.18. The van der Waals surface area contributed by atoms with Crippen LogP contribution >= 0.6 is 0 Å². The lowest BCUT2D eigenvalue weighted by atomic mass is 10.1. The largest absolute Gasteiger partial charge is 0.454 e. The zero-order valence-corrected chi connectivity index (χ0v) is 16.1. The van der Waals surface area contributed by atoms with Gasteiger partial charge in [0.2, 0.25) is 19.5 Å². The summed E-state index contributed by atoms with van der Waals surface area (Å²) in [6.07, 6.45) is 0. The number of carbonyl (C=O) groups excluding carboxylic acids is 1. The number of amides is 1. The predicted octanol–water partition coefficient (Wildman–Crippen LogP) is 1.90. The summed E-state index contributed by atoms with van der Waals surface area (Å²) >= 11 is 0. The Hall–Kier alpha value is -3.13. The van der Waals surface area contributed by atoms with E-state index >= 15 is 0 Å². The molecule has 1 fully saturated rings. The molecule has 0 aliphatic carbocycles. The second kappa shape index (κ2) is 7.71. The van der Waals surface area contributed by atoms with Gasteiger partial charge in [0.25, 0.3) is 0 Å². The Bertz CT molecular complexity index is 911. The fourth-order valence-corrected chi connectivity index (χ4v) is 3.75. The standard InChI is InChI=1S/C21H23N3O5/c25-21(11-22-16-2-4-18-20(10-16)29-14-27-18)24-7-5-23(6-8-24)12-15-1-3-17-19(9-15)28-13-26-17/h1-4,9-10,22H,5-8,11-14H2. The van der Waals surface area contributed by atoms with Crippen LogP contribution in [0.1, 0.15) is 5.56 Å². The molecule has 0 saturated carbocycles. The van der Waals surface area contributed by atoms with Crippen LogP contribution in [-0.2, 0) is 11.3 Å². The zero-order valence-electron chi connectivity index (χ0n) is 16.1. The average molecular weight is 397 g/mol.